The molecule has 0 spiro atoms. The van der Waals surface area contributed by atoms with E-state index in [4.69, 9.17) is 17.0 Å². The van der Waals surface area contributed by atoms with Crippen LogP contribution in [0.15, 0.2) is 48.5 Å². The van der Waals surface area contributed by atoms with Crippen LogP contribution in [0.25, 0.3) is 0 Å². The largest absolute Gasteiger partial charge is 0.491 e. The molecule has 3 rings (SSSR count). The SMILES string of the molecule is CC(C)Oc1cccc(NC(=S)NCc2ccc(N3CCCCC3)cc2)c1. The summed E-state index contributed by atoms with van der Waals surface area (Å²) in [6.07, 6.45) is 4.10. The standard InChI is InChI=1S/C22H29N3OS/c1-17(2)26-21-8-6-7-19(15-21)24-22(27)23-16-18-9-11-20(12-10-18)25-13-4-3-5-14-25/h6-12,15,17H,3-5,13-14,16H2,1-2H3,(H2,23,24,27). The van der Waals surface area contributed by atoms with E-state index in [0.29, 0.717) is 11.7 Å². The third-order valence-corrected chi connectivity index (χ3v) is 4.82. The molecule has 1 heterocycles. The normalized spacial score (nSPS) is 14.1. The van der Waals surface area contributed by atoms with Gasteiger partial charge in [0.05, 0.1) is 6.10 Å². The maximum atomic E-state index is 5.72. The van der Waals surface area contributed by atoms with E-state index in [1.54, 1.807) is 0 Å². The van der Waals surface area contributed by atoms with Crippen molar-refractivity contribution in [3.63, 3.8) is 0 Å². The zero-order chi connectivity index (χ0) is 19.1. The number of rotatable bonds is 6. The fourth-order valence-electron chi connectivity index (χ4n) is 3.25. The molecule has 1 aliphatic heterocycles. The summed E-state index contributed by atoms with van der Waals surface area (Å²) >= 11 is 5.42. The Balaban J connectivity index is 1.49. The molecule has 27 heavy (non-hydrogen) atoms. The predicted octanol–water partition coefficient (Wildman–Crippen LogP) is 4.95. The van der Waals surface area contributed by atoms with Crippen molar-refractivity contribution in [2.24, 2.45) is 0 Å². The van der Waals surface area contributed by atoms with E-state index in [1.807, 2.05) is 38.1 Å². The van der Waals surface area contributed by atoms with Crippen molar-refractivity contribution in [2.45, 2.75) is 45.8 Å². The molecule has 1 fully saturated rings. The topological polar surface area (TPSA) is 36.5 Å². The van der Waals surface area contributed by atoms with E-state index in [2.05, 4.69) is 39.8 Å². The molecule has 0 aliphatic carbocycles. The van der Waals surface area contributed by atoms with Gasteiger partial charge in [-0.15, -0.1) is 0 Å². The highest BCUT2D eigenvalue weighted by atomic mass is 32.1. The van der Waals surface area contributed by atoms with Crippen molar-refractivity contribution < 1.29 is 4.74 Å². The van der Waals surface area contributed by atoms with E-state index in [9.17, 15) is 0 Å². The molecular formula is C22H29N3OS. The van der Waals surface area contributed by atoms with Gasteiger partial charge >= 0.3 is 0 Å². The van der Waals surface area contributed by atoms with Gasteiger partial charge in [0.15, 0.2) is 5.11 Å². The van der Waals surface area contributed by atoms with E-state index < -0.39 is 0 Å². The maximum Gasteiger partial charge on any atom is 0.171 e. The van der Waals surface area contributed by atoms with Gasteiger partial charge in [-0.25, -0.2) is 0 Å². The molecule has 144 valence electrons. The van der Waals surface area contributed by atoms with E-state index >= 15 is 0 Å². The quantitative estimate of drug-likeness (QED) is 0.690. The van der Waals surface area contributed by atoms with Crippen LogP contribution < -0.4 is 20.3 Å². The Morgan fingerprint density at radius 2 is 1.81 bits per heavy atom. The van der Waals surface area contributed by atoms with Gasteiger partial charge in [-0.1, -0.05) is 18.2 Å². The van der Waals surface area contributed by atoms with Gasteiger partial charge in [-0.05, 0) is 75.2 Å². The first-order valence-electron chi connectivity index (χ1n) is 9.75. The van der Waals surface area contributed by atoms with Gasteiger partial charge in [-0.3, -0.25) is 0 Å². The maximum absolute atomic E-state index is 5.72. The molecule has 0 atom stereocenters. The Morgan fingerprint density at radius 3 is 2.52 bits per heavy atom. The van der Waals surface area contributed by atoms with Crippen molar-refractivity contribution in [3.8, 4) is 5.75 Å². The lowest BCUT2D eigenvalue weighted by Gasteiger charge is -2.28. The summed E-state index contributed by atoms with van der Waals surface area (Å²) in [5, 5.41) is 7.10. The van der Waals surface area contributed by atoms with Crippen LogP contribution in [0.4, 0.5) is 11.4 Å². The van der Waals surface area contributed by atoms with E-state index in [0.717, 1.165) is 11.4 Å². The number of anilines is 2. The number of ether oxygens (including phenoxy) is 1. The second-order valence-electron chi connectivity index (χ2n) is 7.22. The zero-order valence-corrected chi connectivity index (χ0v) is 17.0. The first-order chi connectivity index (χ1) is 13.1. The lowest BCUT2D eigenvalue weighted by atomic mass is 10.1. The van der Waals surface area contributed by atoms with Crippen LogP contribution in [-0.2, 0) is 6.54 Å². The van der Waals surface area contributed by atoms with Gasteiger partial charge in [0.2, 0.25) is 0 Å². The zero-order valence-electron chi connectivity index (χ0n) is 16.2. The highest BCUT2D eigenvalue weighted by molar-refractivity contribution is 7.80. The van der Waals surface area contributed by atoms with Gasteiger partial charge in [0, 0.05) is 37.1 Å². The summed E-state index contributed by atoms with van der Waals surface area (Å²) in [6, 6.07) is 16.6. The average Bonchev–Trinajstić information content (AvgIpc) is 2.67. The summed E-state index contributed by atoms with van der Waals surface area (Å²) in [6.45, 7) is 7.08. The van der Waals surface area contributed by atoms with Crippen LogP contribution in [0, 0.1) is 0 Å². The average molecular weight is 384 g/mol. The number of hydrogen-bond acceptors (Lipinski definition) is 3. The Labute approximate surface area is 167 Å². The molecule has 2 aromatic rings. The second kappa shape index (κ2) is 9.60. The monoisotopic (exact) mass is 383 g/mol. The molecular weight excluding hydrogens is 354 g/mol. The molecule has 0 unspecified atom stereocenters. The Morgan fingerprint density at radius 1 is 1.07 bits per heavy atom. The number of nitrogens with one attached hydrogen (secondary N) is 2. The Bertz CT molecular complexity index is 739. The molecule has 2 N–H and O–H groups in total. The first kappa shape index (κ1) is 19.5. The fraction of sp³-hybridized carbons (Fsp3) is 0.409. The third-order valence-electron chi connectivity index (χ3n) is 4.57. The Hall–Kier alpha value is -2.27. The lowest BCUT2D eigenvalue weighted by Crippen LogP contribution is -2.29. The van der Waals surface area contributed by atoms with Crippen LogP contribution in [0.5, 0.6) is 5.75 Å². The van der Waals surface area contributed by atoms with Gasteiger partial charge in [0.1, 0.15) is 5.75 Å². The molecule has 5 heteroatoms. The molecule has 0 aromatic heterocycles. The molecule has 2 aromatic carbocycles. The molecule has 0 amide bonds. The summed E-state index contributed by atoms with van der Waals surface area (Å²) in [7, 11) is 0. The van der Waals surface area contributed by atoms with Crippen LogP contribution >= 0.6 is 12.2 Å². The smallest absolute Gasteiger partial charge is 0.171 e. The van der Waals surface area contributed by atoms with Gasteiger partial charge in [-0.2, -0.15) is 0 Å². The second-order valence-corrected chi connectivity index (χ2v) is 7.62. The minimum absolute atomic E-state index is 0.151. The van der Waals surface area contributed by atoms with E-state index in [1.165, 1.54) is 43.6 Å². The molecule has 4 nitrogen and oxygen atoms in total. The molecule has 0 bridgehead atoms. The summed E-state index contributed by atoms with van der Waals surface area (Å²) < 4.78 is 5.72. The molecule has 0 radical (unpaired) electrons. The van der Waals surface area contributed by atoms with Crippen LogP contribution in [-0.4, -0.2) is 24.3 Å². The van der Waals surface area contributed by atoms with E-state index in [-0.39, 0.29) is 6.10 Å². The van der Waals surface area contributed by atoms with Crippen molar-refractivity contribution in [1.82, 2.24) is 5.32 Å². The fourth-order valence-corrected chi connectivity index (χ4v) is 3.44. The van der Waals surface area contributed by atoms with Crippen LogP contribution in [0.2, 0.25) is 0 Å². The summed E-state index contributed by atoms with van der Waals surface area (Å²) in [4.78, 5) is 2.47. The lowest BCUT2D eigenvalue weighted by molar-refractivity contribution is 0.242. The number of thiocarbonyl (C=S) groups is 1. The minimum Gasteiger partial charge on any atom is -0.491 e. The number of hydrogen-bond donors (Lipinski definition) is 2. The van der Waals surface area contributed by atoms with Gasteiger partial charge in [0.25, 0.3) is 0 Å². The van der Waals surface area contributed by atoms with Crippen molar-refractivity contribution >= 4 is 28.7 Å². The molecule has 0 saturated carbocycles. The Kier molecular flexibility index (Phi) is 6.93. The molecule has 1 saturated heterocycles. The molecule has 1 aliphatic rings. The third kappa shape index (κ3) is 6.14. The number of piperidine rings is 1. The predicted molar refractivity (Wildman–Crippen MR) is 118 cm³/mol. The van der Waals surface area contributed by atoms with Crippen molar-refractivity contribution in [1.29, 1.82) is 0 Å². The highest BCUT2D eigenvalue weighted by Gasteiger charge is 2.10. The summed E-state index contributed by atoms with van der Waals surface area (Å²) in [5.74, 6) is 0.839. The van der Waals surface area contributed by atoms with Crippen molar-refractivity contribution in [3.05, 3.63) is 54.1 Å². The number of nitrogens with zero attached hydrogens (tertiary/aromatic N) is 1. The van der Waals surface area contributed by atoms with Crippen LogP contribution in [0.1, 0.15) is 38.7 Å². The minimum atomic E-state index is 0.151. The van der Waals surface area contributed by atoms with Gasteiger partial charge < -0.3 is 20.3 Å². The number of benzene rings is 2. The summed E-state index contributed by atoms with van der Waals surface area (Å²) in [5.41, 5.74) is 3.46. The van der Waals surface area contributed by atoms with Crippen molar-refractivity contribution in [2.75, 3.05) is 23.3 Å². The highest BCUT2D eigenvalue weighted by Crippen LogP contribution is 2.20. The van der Waals surface area contributed by atoms with Crippen LogP contribution in [0.3, 0.4) is 0 Å². The first-order valence-corrected chi connectivity index (χ1v) is 10.2.